The Hall–Kier alpha value is -0.0700. The molecule has 3 rings (SSSR count). The van der Waals surface area contributed by atoms with Gasteiger partial charge in [-0.15, -0.1) is 24.8 Å². The van der Waals surface area contributed by atoms with E-state index in [0.29, 0.717) is 6.04 Å². The molecule has 0 aromatic heterocycles. The lowest BCUT2D eigenvalue weighted by Gasteiger charge is -2.34. The highest BCUT2D eigenvalue weighted by molar-refractivity contribution is 5.85. The van der Waals surface area contributed by atoms with Crippen LogP contribution in [0.4, 0.5) is 0 Å². The van der Waals surface area contributed by atoms with Crippen molar-refractivity contribution >= 4 is 30.7 Å². The van der Waals surface area contributed by atoms with Crippen LogP contribution >= 0.6 is 24.8 Å². The van der Waals surface area contributed by atoms with Crippen molar-refractivity contribution in [1.82, 2.24) is 15.1 Å². The molecule has 1 amide bonds. The molecule has 3 heterocycles. The van der Waals surface area contributed by atoms with Crippen molar-refractivity contribution in [3.05, 3.63) is 0 Å². The van der Waals surface area contributed by atoms with Crippen LogP contribution in [-0.4, -0.2) is 73.2 Å². The van der Waals surface area contributed by atoms with E-state index in [4.69, 9.17) is 4.74 Å². The molecule has 130 valence electrons. The molecule has 0 radical (unpaired) electrons. The summed E-state index contributed by atoms with van der Waals surface area (Å²) in [5.74, 6) is 0.212. The Balaban J connectivity index is 0.00000121. The first kappa shape index (κ1) is 20.0. The van der Waals surface area contributed by atoms with Crippen molar-refractivity contribution in [2.45, 2.75) is 44.2 Å². The summed E-state index contributed by atoms with van der Waals surface area (Å²) in [4.78, 5) is 16.0. The second kappa shape index (κ2) is 8.69. The normalized spacial score (nSPS) is 28.6. The smallest absolute Gasteiger partial charge is 0.219 e. The molecule has 3 saturated heterocycles. The Morgan fingerprint density at radius 2 is 1.86 bits per heavy atom. The van der Waals surface area contributed by atoms with Crippen molar-refractivity contribution < 1.29 is 9.53 Å². The maximum Gasteiger partial charge on any atom is 0.219 e. The van der Waals surface area contributed by atoms with Gasteiger partial charge in [0.2, 0.25) is 5.91 Å². The van der Waals surface area contributed by atoms with Crippen molar-refractivity contribution in [3.8, 4) is 0 Å². The van der Waals surface area contributed by atoms with Gasteiger partial charge in [-0.25, -0.2) is 0 Å². The lowest BCUT2D eigenvalue weighted by Crippen LogP contribution is -2.43. The summed E-state index contributed by atoms with van der Waals surface area (Å²) in [6, 6.07) is 0.556. The lowest BCUT2D eigenvalue weighted by atomic mass is 9.88. The standard InChI is InChI=1S/C15H27N3O2.2ClH/c1-13(19)17-7-2-8-18(10-9-17)14-11-15(20-12-14)3-5-16-6-4-15;;/h14,16H,2-12H2,1H3;2*1H. The van der Waals surface area contributed by atoms with Gasteiger partial charge in [0, 0.05) is 39.1 Å². The fourth-order valence-electron chi connectivity index (χ4n) is 3.90. The van der Waals surface area contributed by atoms with Crippen molar-refractivity contribution in [2.24, 2.45) is 0 Å². The highest BCUT2D eigenvalue weighted by atomic mass is 35.5. The van der Waals surface area contributed by atoms with E-state index in [9.17, 15) is 4.79 Å². The molecular formula is C15H29Cl2N3O2. The highest BCUT2D eigenvalue weighted by Crippen LogP contribution is 2.36. The molecule has 7 heteroatoms. The molecule has 0 aromatic rings. The number of hydrogen-bond donors (Lipinski definition) is 1. The topological polar surface area (TPSA) is 44.8 Å². The average Bonchev–Trinajstić information content (AvgIpc) is 2.70. The zero-order valence-electron chi connectivity index (χ0n) is 13.4. The molecule has 1 N–H and O–H groups in total. The van der Waals surface area contributed by atoms with Crippen molar-refractivity contribution in [2.75, 3.05) is 45.9 Å². The van der Waals surface area contributed by atoms with Crippen LogP contribution in [0.5, 0.6) is 0 Å². The predicted molar refractivity (Wildman–Crippen MR) is 92.1 cm³/mol. The Morgan fingerprint density at radius 3 is 2.55 bits per heavy atom. The number of piperidine rings is 1. The largest absolute Gasteiger partial charge is 0.373 e. The number of nitrogens with one attached hydrogen (secondary N) is 1. The molecule has 3 aliphatic heterocycles. The summed E-state index contributed by atoms with van der Waals surface area (Å²) in [6.45, 7) is 8.62. The lowest BCUT2D eigenvalue weighted by molar-refractivity contribution is -0.128. The highest BCUT2D eigenvalue weighted by Gasteiger charge is 2.43. The number of ether oxygens (including phenoxy) is 1. The van der Waals surface area contributed by atoms with Crippen molar-refractivity contribution in [1.29, 1.82) is 0 Å². The Morgan fingerprint density at radius 1 is 1.14 bits per heavy atom. The Bertz CT molecular complexity index is 365. The fraction of sp³-hybridized carbons (Fsp3) is 0.933. The van der Waals surface area contributed by atoms with Crippen LogP contribution in [0.1, 0.15) is 32.6 Å². The predicted octanol–water partition coefficient (Wildman–Crippen LogP) is 1.30. The average molecular weight is 354 g/mol. The number of carbonyl (C=O) groups is 1. The molecule has 22 heavy (non-hydrogen) atoms. The van der Waals surface area contributed by atoms with Gasteiger partial charge in [0.05, 0.1) is 12.2 Å². The summed E-state index contributed by atoms with van der Waals surface area (Å²) in [5.41, 5.74) is 0.141. The van der Waals surface area contributed by atoms with Gasteiger partial charge in [-0.3, -0.25) is 9.69 Å². The molecule has 1 unspecified atom stereocenters. The molecule has 3 fully saturated rings. The monoisotopic (exact) mass is 353 g/mol. The summed E-state index contributed by atoms with van der Waals surface area (Å²) in [7, 11) is 0. The molecule has 1 spiro atoms. The maximum atomic E-state index is 11.5. The van der Waals surface area contributed by atoms with E-state index in [0.717, 1.165) is 65.1 Å². The maximum absolute atomic E-state index is 11.5. The van der Waals surface area contributed by atoms with E-state index >= 15 is 0 Å². The first-order valence-electron chi connectivity index (χ1n) is 8.03. The van der Waals surface area contributed by atoms with E-state index < -0.39 is 0 Å². The molecule has 5 nitrogen and oxygen atoms in total. The van der Waals surface area contributed by atoms with Gasteiger partial charge in [0.1, 0.15) is 0 Å². The Kier molecular flexibility index (Phi) is 7.89. The van der Waals surface area contributed by atoms with E-state index in [1.807, 2.05) is 4.90 Å². The third-order valence-electron chi connectivity index (χ3n) is 5.20. The van der Waals surface area contributed by atoms with E-state index in [2.05, 4.69) is 10.2 Å². The van der Waals surface area contributed by atoms with Gasteiger partial charge < -0.3 is 15.0 Å². The fourth-order valence-corrected chi connectivity index (χ4v) is 3.90. The minimum atomic E-state index is 0. The van der Waals surface area contributed by atoms with E-state index in [1.165, 1.54) is 6.42 Å². The quantitative estimate of drug-likeness (QED) is 0.771. The Labute approximate surface area is 145 Å². The van der Waals surface area contributed by atoms with Crippen LogP contribution < -0.4 is 5.32 Å². The zero-order valence-corrected chi connectivity index (χ0v) is 15.0. The number of halogens is 2. The molecule has 0 aliphatic carbocycles. The minimum absolute atomic E-state index is 0. The minimum Gasteiger partial charge on any atom is -0.373 e. The third-order valence-corrected chi connectivity index (χ3v) is 5.20. The third kappa shape index (κ3) is 4.48. The van der Waals surface area contributed by atoms with Crippen LogP contribution in [0, 0.1) is 0 Å². The van der Waals surface area contributed by atoms with Gasteiger partial charge in [0.25, 0.3) is 0 Å². The molecule has 1 atom stereocenters. The number of hydrogen-bond acceptors (Lipinski definition) is 4. The van der Waals surface area contributed by atoms with Gasteiger partial charge in [-0.1, -0.05) is 0 Å². The molecule has 3 aliphatic rings. The van der Waals surface area contributed by atoms with Crippen LogP contribution in [-0.2, 0) is 9.53 Å². The van der Waals surface area contributed by atoms with E-state index in [1.54, 1.807) is 6.92 Å². The number of carbonyl (C=O) groups excluding carboxylic acids is 1. The van der Waals surface area contributed by atoms with Crippen LogP contribution in [0.2, 0.25) is 0 Å². The second-order valence-corrected chi connectivity index (χ2v) is 6.50. The van der Waals surface area contributed by atoms with Gasteiger partial charge in [-0.05, 0) is 38.8 Å². The van der Waals surface area contributed by atoms with Gasteiger partial charge in [-0.2, -0.15) is 0 Å². The number of amides is 1. The summed E-state index contributed by atoms with van der Waals surface area (Å²) < 4.78 is 6.20. The SMILES string of the molecule is CC(=O)N1CCCN(C2COC3(CCNCC3)C2)CC1.Cl.Cl. The molecular weight excluding hydrogens is 325 g/mol. The van der Waals surface area contributed by atoms with Crippen molar-refractivity contribution in [3.63, 3.8) is 0 Å². The summed E-state index contributed by atoms with van der Waals surface area (Å²) >= 11 is 0. The van der Waals surface area contributed by atoms with Gasteiger partial charge in [0.15, 0.2) is 0 Å². The molecule has 0 aromatic carbocycles. The van der Waals surface area contributed by atoms with Crippen LogP contribution in [0.25, 0.3) is 0 Å². The molecule has 0 saturated carbocycles. The van der Waals surface area contributed by atoms with Crippen LogP contribution in [0.3, 0.4) is 0 Å². The number of rotatable bonds is 1. The van der Waals surface area contributed by atoms with Crippen LogP contribution in [0.15, 0.2) is 0 Å². The van der Waals surface area contributed by atoms with E-state index in [-0.39, 0.29) is 36.3 Å². The first-order chi connectivity index (χ1) is 9.69. The zero-order chi connectivity index (χ0) is 14.0. The first-order valence-corrected chi connectivity index (χ1v) is 8.03. The second-order valence-electron chi connectivity index (χ2n) is 6.50. The number of nitrogens with zero attached hydrogens (tertiary/aromatic N) is 2. The summed E-state index contributed by atoms with van der Waals surface area (Å²) in [5, 5.41) is 3.42. The molecule has 0 bridgehead atoms. The van der Waals surface area contributed by atoms with Gasteiger partial charge >= 0.3 is 0 Å². The summed E-state index contributed by atoms with van der Waals surface area (Å²) in [6.07, 6.45) is 4.56.